The first-order chi connectivity index (χ1) is 18.6. The molecule has 0 saturated carbocycles. The zero-order valence-electron chi connectivity index (χ0n) is 21.4. The highest BCUT2D eigenvalue weighted by molar-refractivity contribution is 7.46. The third-order valence-electron chi connectivity index (χ3n) is 6.05. The Labute approximate surface area is 223 Å². The number of rotatable bonds is 11. The molecular formula is C27H27FNO9P. The van der Waals surface area contributed by atoms with Crippen LogP contribution < -0.4 is 19.5 Å². The van der Waals surface area contributed by atoms with Crippen LogP contribution in [0.3, 0.4) is 0 Å². The number of fused-ring (bicyclic) bond motifs is 1. The third kappa shape index (κ3) is 6.76. The summed E-state index contributed by atoms with van der Waals surface area (Å²) in [7, 11) is -1.93. The van der Waals surface area contributed by atoms with Gasteiger partial charge in [0.05, 0.1) is 33.4 Å². The highest BCUT2D eigenvalue weighted by Gasteiger charge is 2.26. The van der Waals surface area contributed by atoms with Crippen LogP contribution in [0.15, 0.2) is 58.7 Å². The number of allylic oxidation sites excluding steroid dienone is 2. The van der Waals surface area contributed by atoms with Gasteiger partial charge in [-0.05, 0) is 82.8 Å². The number of phosphoric acid groups is 1. The molecule has 4 rings (SSSR count). The lowest BCUT2D eigenvalue weighted by Crippen LogP contribution is -2.22. The molecule has 0 spiro atoms. The van der Waals surface area contributed by atoms with E-state index in [1.165, 1.54) is 32.6 Å². The number of nitrogens with one attached hydrogen (secondary N) is 1. The van der Waals surface area contributed by atoms with Crippen molar-refractivity contribution in [3.8, 4) is 17.2 Å². The zero-order valence-corrected chi connectivity index (χ0v) is 22.3. The summed E-state index contributed by atoms with van der Waals surface area (Å²) < 4.78 is 51.0. The predicted molar refractivity (Wildman–Crippen MR) is 140 cm³/mol. The van der Waals surface area contributed by atoms with E-state index in [1.807, 2.05) is 13.0 Å². The van der Waals surface area contributed by atoms with Gasteiger partial charge in [-0.25, -0.2) is 13.5 Å². The number of amides is 1. The van der Waals surface area contributed by atoms with E-state index in [1.54, 1.807) is 30.3 Å². The van der Waals surface area contributed by atoms with Crippen LogP contribution in [0.2, 0.25) is 0 Å². The summed E-state index contributed by atoms with van der Waals surface area (Å²) in [5.41, 5.74) is 4.30. The Kier molecular flexibility index (Phi) is 8.57. The van der Waals surface area contributed by atoms with Crippen molar-refractivity contribution in [3.05, 3.63) is 82.6 Å². The van der Waals surface area contributed by atoms with Crippen LogP contribution in [-0.2, 0) is 20.4 Å². The largest absolute Gasteiger partial charge is 0.493 e. The second kappa shape index (κ2) is 11.9. The van der Waals surface area contributed by atoms with Crippen molar-refractivity contribution in [3.63, 3.8) is 0 Å². The van der Waals surface area contributed by atoms with E-state index in [2.05, 4.69) is 9.84 Å². The minimum Gasteiger partial charge on any atom is -0.493 e. The van der Waals surface area contributed by atoms with E-state index in [0.29, 0.717) is 22.5 Å². The molecule has 0 saturated heterocycles. The summed E-state index contributed by atoms with van der Waals surface area (Å²) in [6.45, 7) is 1.37. The van der Waals surface area contributed by atoms with Crippen LogP contribution in [-0.4, -0.2) is 36.7 Å². The Balaban J connectivity index is 1.66. The summed E-state index contributed by atoms with van der Waals surface area (Å²) in [6.07, 6.45) is 3.42. The fraction of sp³-hybridized carbons (Fsp3) is 0.222. The van der Waals surface area contributed by atoms with E-state index in [-0.39, 0.29) is 36.1 Å². The number of hydrogen-bond acceptors (Lipinski definition) is 7. The fourth-order valence-corrected chi connectivity index (χ4v) is 4.44. The monoisotopic (exact) mass is 559 g/mol. The summed E-state index contributed by atoms with van der Waals surface area (Å²) in [4.78, 5) is 30.6. The first-order valence-electron chi connectivity index (χ1n) is 11.7. The minimum absolute atomic E-state index is 0.0410. The molecule has 39 heavy (non-hydrogen) atoms. The Hall–Kier alpha value is -3.89. The first kappa shape index (κ1) is 28.1. The minimum atomic E-state index is -4.74. The summed E-state index contributed by atoms with van der Waals surface area (Å²) in [5, 5.41) is 2.82. The predicted octanol–water partition coefficient (Wildman–Crippen LogP) is 4.92. The van der Waals surface area contributed by atoms with E-state index in [4.69, 9.17) is 28.4 Å². The lowest BCUT2D eigenvalue weighted by atomic mass is 10.00. The number of halogens is 1. The van der Waals surface area contributed by atoms with Crippen LogP contribution in [0.4, 0.5) is 4.39 Å². The number of ether oxygens (including phenoxy) is 3. The Morgan fingerprint density at radius 2 is 1.82 bits per heavy atom. The van der Waals surface area contributed by atoms with E-state index < -0.39 is 20.4 Å². The van der Waals surface area contributed by atoms with Gasteiger partial charge >= 0.3 is 7.82 Å². The van der Waals surface area contributed by atoms with Gasteiger partial charge in [-0.15, -0.1) is 0 Å². The van der Waals surface area contributed by atoms with Crippen LogP contribution in [0.5, 0.6) is 17.2 Å². The maximum absolute atomic E-state index is 14.2. The lowest BCUT2D eigenvalue weighted by Gasteiger charge is -2.16. The molecule has 1 heterocycles. The molecule has 0 fully saturated rings. The molecule has 3 aromatic rings. The van der Waals surface area contributed by atoms with Gasteiger partial charge in [-0.3, -0.25) is 4.79 Å². The number of benzene rings is 2. The molecule has 0 aliphatic heterocycles. The van der Waals surface area contributed by atoms with Gasteiger partial charge in [0.2, 0.25) is 18.4 Å². The number of furan rings is 1. The quantitative estimate of drug-likeness (QED) is 0.221. The molecule has 1 aliphatic rings. The molecule has 1 aliphatic carbocycles. The van der Waals surface area contributed by atoms with Gasteiger partial charge in [0.1, 0.15) is 11.6 Å². The number of carbonyl (C=O) groups is 1. The summed E-state index contributed by atoms with van der Waals surface area (Å²) in [6, 6.07) is 11.2. The smallest absolute Gasteiger partial charge is 0.472 e. The molecule has 0 bridgehead atoms. The van der Waals surface area contributed by atoms with E-state index in [9.17, 15) is 13.8 Å². The maximum atomic E-state index is 14.2. The maximum Gasteiger partial charge on any atom is 0.472 e. The second-order valence-electron chi connectivity index (χ2n) is 8.52. The second-order valence-corrected chi connectivity index (χ2v) is 9.76. The highest BCUT2D eigenvalue weighted by Crippen LogP contribution is 2.46. The van der Waals surface area contributed by atoms with Crippen LogP contribution in [0, 0.1) is 5.82 Å². The van der Waals surface area contributed by atoms with Crippen molar-refractivity contribution in [2.75, 3.05) is 21.0 Å². The van der Waals surface area contributed by atoms with Crippen LogP contribution in [0.25, 0.3) is 17.2 Å². The molecule has 2 aromatic carbocycles. The molecule has 206 valence electrons. The Morgan fingerprint density at radius 3 is 2.44 bits per heavy atom. The van der Waals surface area contributed by atoms with Crippen molar-refractivity contribution in [1.29, 1.82) is 0 Å². The number of phosphoric ester groups is 1. The van der Waals surface area contributed by atoms with E-state index >= 15 is 0 Å². The molecule has 0 unspecified atom stereocenters. The molecule has 12 heteroatoms. The van der Waals surface area contributed by atoms with Gasteiger partial charge in [-0.1, -0.05) is 6.07 Å². The SMILES string of the molecule is COc1cc(/C=C2/C(C)=C(CC(=O)NCc3ccco3)c3cc(F)ccc32)cc(OC)c1OCOP(=O)(O)O. The Morgan fingerprint density at radius 1 is 1.10 bits per heavy atom. The van der Waals surface area contributed by atoms with Crippen molar-refractivity contribution < 1.29 is 46.7 Å². The number of methoxy groups -OCH3 is 2. The van der Waals surface area contributed by atoms with Crippen LogP contribution in [0.1, 0.15) is 35.8 Å². The van der Waals surface area contributed by atoms with Crippen molar-refractivity contribution in [2.24, 2.45) is 0 Å². The fourth-order valence-electron chi connectivity index (χ4n) is 4.25. The third-order valence-corrected chi connectivity index (χ3v) is 6.49. The van der Waals surface area contributed by atoms with Crippen molar-refractivity contribution in [2.45, 2.75) is 19.9 Å². The molecule has 3 N–H and O–H groups in total. The number of hydrogen-bond donors (Lipinski definition) is 3. The van der Waals surface area contributed by atoms with Gasteiger partial charge in [0.25, 0.3) is 0 Å². The van der Waals surface area contributed by atoms with Crippen molar-refractivity contribution in [1.82, 2.24) is 5.32 Å². The topological polar surface area (TPSA) is 137 Å². The van der Waals surface area contributed by atoms with E-state index in [0.717, 1.165) is 16.7 Å². The molecule has 1 aromatic heterocycles. The van der Waals surface area contributed by atoms with Gasteiger partial charge < -0.3 is 33.7 Å². The number of carbonyl (C=O) groups excluding carboxylic acids is 1. The van der Waals surface area contributed by atoms with Gasteiger partial charge in [0.15, 0.2) is 11.5 Å². The van der Waals surface area contributed by atoms with Gasteiger partial charge in [-0.2, -0.15) is 0 Å². The summed E-state index contributed by atoms with van der Waals surface area (Å²) >= 11 is 0. The lowest BCUT2D eigenvalue weighted by molar-refractivity contribution is -0.120. The van der Waals surface area contributed by atoms with Gasteiger partial charge in [0, 0.05) is 0 Å². The normalized spacial score (nSPS) is 13.9. The van der Waals surface area contributed by atoms with Crippen molar-refractivity contribution >= 4 is 31.0 Å². The molecule has 10 nitrogen and oxygen atoms in total. The molecule has 0 atom stereocenters. The highest BCUT2D eigenvalue weighted by atomic mass is 31.2. The molecule has 1 amide bonds. The van der Waals surface area contributed by atoms with Crippen LogP contribution >= 0.6 is 7.82 Å². The molecule has 0 radical (unpaired) electrons. The molecular weight excluding hydrogens is 532 g/mol. The average Bonchev–Trinajstić information content (AvgIpc) is 3.50. The zero-order chi connectivity index (χ0) is 28.2. The first-order valence-corrected chi connectivity index (χ1v) is 13.2. The standard InChI is InChI=1S/C27H27FNO9P/c1-16-21(9-17-10-24(34-2)27(25(11-17)35-3)37-15-38-39(31,32)33)20-7-6-18(28)12-23(20)22(16)13-26(30)29-14-19-5-4-8-36-19/h4-12H,13-15H2,1-3H3,(H,29,30)(H2,31,32,33)/b21-9-. The average molecular weight is 559 g/mol. The Bertz CT molecular complexity index is 1450. The summed E-state index contributed by atoms with van der Waals surface area (Å²) in [5.74, 6) is 0.513.